The number of carbonyl (C=O) groups excluding carboxylic acids is 1. The molecule has 4 nitrogen and oxygen atoms in total. The molecule has 0 aliphatic carbocycles. The average molecular weight is 335 g/mol. The molecular formula is C15H15BrN2O2. The van der Waals surface area contributed by atoms with Gasteiger partial charge in [-0.3, -0.25) is 9.36 Å². The first kappa shape index (κ1) is 14.7. The zero-order valence-corrected chi connectivity index (χ0v) is 13.2. The monoisotopic (exact) mass is 334 g/mol. The van der Waals surface area contributed by atoms with Gasteiger partial charge in [0.2, 0.25) is 0 Å². The van der Waals surface area contributed by atoms with Crippen molar-refractivity contribution < 1.29 is 4.79 Å². The number of hydrogen-bond acceptors (Lipinski definition) is 3. The van der Waals surface area contributed by atoms with E-state index in [1.54, 1.807) is 19.9 Å². The summed E-state index contributed by atoms with van der Waals surface area (Å²) in [4.78, 5) is 28.1. The van der Waals surface area contributed by atoms with E-state index in [1.165, 1.54) is 4.57 Å². The lowest BCUT2D eigenvalue weighted by Gasteiger charge is -2.11. The maximum atomic E-state index is 12.3. The van der Waals surface area contributed by atoms with Crippen LogP contribution in [-0.2, 0) is 6.54 Å². The van der Waals surface area contributed by atoms with Crippen molar-refractivity contribution in [2.75, 3.05) is 0 Å². The lowest BCUT2D eigenvalue weighted by Crippen LogP contribution is -2.29. The fourth-order valence-electron chi connectivity index (χ4n) is 2.02. The third-order valence-corrected chi connectivity index (χ3v) is 4.32. The fraction of sp³-hybridized carbons (Fsp3) is 0.267. The Hall–Kier alpha value is -1.75. The zero-order valence-electron chi connectivity index (χ0n) is 11.6. The second kappa shape index (κ2) is 5.71. The summed E-state index contributed by atoms with van der Waals surface area (Å²) in [6.07, 6.45) is 0. The number of hydrogen-bond donors (Lipinski definition) is 0. The summed E-state index contributed by atoms with van der Waals surface area (Å²) >= 11 is 3.39. The molecule has 0 saturated carbocycles. The summed E-state index contributed by atoms with van der Waals surface area (Å²) < 4.78 is 2.15. The van der Waals surface area contributed by atoms with Gasteiger partial charge in [-0.2, -0.15) is 4.98 Å². The van der Waals surface area contributed by atoms with Crippen LogP contribution in [0.5, 0.6) is 0 Å². The van der Waals surface area contributed by atoms with Gasteiger partial charge in [-0.15, -0.1) is 0 Å². The van der Waals surface area contributed by atoms with Crippen LogP contribution in [-0.4, -0.2) is 15.3 Å². The van der Waals surface area contributed by atoms with Crippen molar-refractivity contribution in [3.63, 3.8) is 0 Å². The molecule has 1 aromatic heterocycles. The number of aryl methyl sites for hydroxylation is 2. The van der Waals surface area contributed by atoms with Gasteiger partial charge < -0.3 is 0 Å². The highest BCUT2D eigenvalue weighted by Gasteiger charge is 2.13. The predicted octanol–water partition coefficient (Wildman–Crippen LogP) is 2.81. The average Bonchev–Trinajstić information content (AvgIpc) is 2.41. The molecule has 0 aliphatic heterocycles. The van der Waals surface area contributed by atoms with E-state index >= 15 is 0 Å². The maximum absolute atomic E-state index is 12.3. The highest BCUT2D eigenvalue weighted by Crippen LogP contribution is 2.17. The van der Waals surface area contributed by atoms with Crippen LogP contribution in [0, 0.1) is 20.8 Å². The van der Waals surface area contributed by atoms with Crippen molar-refractivity contribution in [2.24, 2.45) is 0 Å². The number of ketones is 1. The quantitative estimate of drug-likeness (QED) is 0.811. The number of carbonyl (C=O) groups is 1. The fourth-order valence-corrected chi connectivity index (χ4v) is 2.32. The molecule has 20 heavy (non-hydrogen) atoms. The van der Waals surface area contributed by atoms with Crippen LogP contribution < -0.4 is 5.69 Å². The van der Waals surface area contributed by atoms with Gasteiger partial charge in [-0.25, -0.2) is 4.79 Å². The number of nitrogens with zero attached hydrogens (tertiary/aromatic N) is 2. The van der Waals surface area contributed by atoms with Crippen LogP contribution in [0.15, 0.2) is 33.5 Å². The van der Waals surface area contributed by atoms with Gasteiger partial charge in [0, 0.05) is 11.3 Å². The molecule has 2 rings (SSSR count). The van der Waals surface area contributed by atoms with Crippen molar-refractivity contribution in [1.29, 1.82) is 0 Å². The van der Waals surface area contributed by atoms with E-state index in [0.29, 0.717) is 17.0 Å². The topological polar surface area (TPSA) is 52.0 Å². The van der Waals surface area contributed by atoms with E-state index in [2.05, 4.69) is 20.9 Å². The first-order valence-corrected chi connectivity index (χ1v) is 7.03. The van der Waals surface area contributed by atoms with Crippen molar-refractivity contribution in [3.05, 3.63) is 61.7 Å². The van der Waals surface area contributed by atoms with Gasteiger partial charge in [0.1, 0.15) is 0 Å². The van der Waals surface area contributed by atoms with Crippen LogP contribution >= 0.6 is 15.9 Å². The molecule has 0 fully saturated rings. The first-order chi connectivity index (χ1) is 9.40. The number of rotatable bonds is 3. The minimum absolute atomic E-state index is 0.000000000000000222. The summed E-state index contributed by atoms with van der Waals surface area (Å²) in [6, 6.07) is 7.34. The van der Waals surface area contributed by atoms with Gasteiger partial charge in [0.05, 0.1) is 16.7 Å². The molecule has 0 N–H and O–H groups in total. The highest BCUT2D eigenvalue weighted by molar-refractivity contribution is 9.10. The van der Waals surface area contributed by atoms with Crippen molar-refractivity contribution >= 4 is 21.7 Å². The zero-order chi connectivity index (χ0) is 14.9. The molecule has 1 heterocycles. The Bertz CT molecular complexity index is 735. The van der Waals surface area contributed by atoms with Gasteiger partial charge >= 0.3 is 5.69 Å². The second-order valence-electron chi connectivity index (χ2n) is 4.76. The summed E-state index contributed by atoms with van der Waals surface area (Å²) in [5, 5.41) is 0. The molecule has 0 spiro atoms. The lowest BCUT2D eigenvalue weighted by molar-refractivity contribution is 0.0969. The molecule has 0 radical (unpaired) electrons. The number of Topliss-reactive ketones (excluding diaryl/α,β-unsaturated/α-hetero) is 1. The highest BCUT2D eigenvalue weighted by atomic mass is 79.9. The summed E-state index contributed by atoms with van der Waals surface area (Å²) in [5.74, 6) is -0.101. The molecule has 0 saturated heterocycles. The molecule has 0 atom stereocenters. The molecule has 0 bridgehead atoms. The maximum Gasteiger partial charge on any atom is 0.348 e. The van der Waals surface area contributed by atoms with Crippen molar-refractivity contribution in [3.8, 4) is 0 Å². The van der Waals surface area contributed by atoms with E-state index in [1.807, 2.05) is 25.1 Å². The second-order valence-corrected chi connectivity index (χ2v) is 5.55. The van der Waals surface area contributed by atoms with Crippen LogP contribution in [0.1, 0.15) is 27.3 Å². The van der Waals surface area contributed by atoms with Gasteiger partial charge in [-0.1, -0.05) is 23.8 Å². The number of aromatic nitrogens is 2. The Balaban J connectivity index is 2.38. The predicted molar refractivity (Wildman–Crippen MR) is 81.2 cm³/mol. The Morgan fingerprint density at radius 1 is 1.30 bits per heavy atom. The molecule has 2 aromatic rings. The standard InChI is InChI=1S/C15H15BrN2O2/c1-9-5-4-6-12(7-9)13(19)8-18-11(3)14(16)10(2)17-15(18)20/h4-7H,8H2,1-3H3. The molecule has 0 amide bonds. The first-order valence-electron chi connectivity index (χ1n) is 6.23. The molecule has 0 unspecified atom stereocenters. The lowest BCUT2D eigenvalue weighted by atomic mass is 10.1. The Morgan fingerprint density at radius 2 is 2.00 bits per heavy atom. The summed E-state index contributed by atoms with van der Waals surface area (Å²) in [5.41, 5.74) is 2.57. The summed E-state index contributed by atoms with van der Waals surface area (Å²) in [6.45, 7) is 5.48. The number of halogens is 1. The third-order valence-electron chi connectivity index (χ3n) is 3.18. The van der Waals surface area contributed by atoms with Gasteiger partial charge in [0.15, 0.2) is 5.78 Å². The molecule has 0 aliphatic rings. The third kappa shape index (κ3) is 2.88. The minimum Gasteiger partial charge on any atom is -0.292 e. The van der Waals surface area contributed by atoms with Crippen LogP contribution in [0.2, 0.25) is 0 Å². The van der Waals surface area contributed by atoms with Crippen molar-refractivity contribution in [2.45, 2.75) is 27.3 Å². The van der Waals surface area contributed by atoms with Crippen LogP contribution in [0.4, 0.5) is 0 Å². The Morgan fingerprint density at radius 3 is 2.65 bits per heavy atom. The van der Waals surface area contributed by atoms with Crippen LogP contribution in [0.3, 0.4) is 0 Å². The van der Waals surface area contributed by atoms with Gasteiger partial charge in [-0.05, 0) is 42.8 Å². The number of benzene rings is 1. The minimum atomic E-state index is -0.399. The van der Waals surface area contributed by atoms with E-state index in [9.17, 15) is 9.59 Å². The van der Waals surface area contributed by atoms with E-state index in [4.69, 9.17) is 0 Å². The van der Waals surface area contributed by atoms with Crippen molar-refractivity contribution in [1.82, 2.24) is 9.55 Å². The molecule has 1 aromatic carbocycles. The molecule has 104 valence electrons. The molecule has 5 heteroatoms. The van der Waals surface area contributed by atoms with E-state index in [0.717, 1.165) is 10.0 Å². The molecular weight excluding hydrogens is 320 g/mol. The summed E-state index contributed by atoms with van der Waals surface area (Å²) in [7, 11) is 0. The normalized spacial score (nSPS) is 10.6. The van der Waals surface area contributed by atoms with E-state index in [-0.39, 0.29) is 12.3 Å². The van der Waals surface area contributed by atoms with Crippen LogP contribution in [0.25, 0.3) is 0 Å². The van der Waals surface area contributed by atoms with Gasteiger partial charge in [0.25, 0.3) is 0 Å². The largest absolute Gasteiger partial charge is 0.348 e. The SMILES string of the molecule is Cc1cccc(C(=O)Cn2c(C)c(Br)c(C)nc2=O)c1. The smallest absolute Gasteiger partial charge is 0.292 e. The Labute approximate surface area is 125 Å². The van der Waals surface area contributed by atoms with E-state index < -0.39 is 5.69 Å². The Kier molecular flexibility index (Phi) is 4.18.